The van der Waals surface area contributed by atoms with E-state index in [1.165, 1.54) is 84.0 Å². The molecule has 1 heterocycles. The summed E-state index contributed by atoms with van der Waals surface area (Å²) in [5, 5.41) is 3.91. The summed E-state index contributed by atoms with van der Waals surface area (Å²) in [6.45, 7) is 7.74. The van der Waals surface area contributed by atoms with Crippen LogP contribution in [-0.4, -0.2) is 37.1 Å². The quantitative estimate of drug-likeness (QED) is 0.764. The second-order valence-corrected chi connectivity index (χ2v) is 7.81. The van der Waals surface area contributed by atoms with Crippen molar-refractivity contribution in [3.63, 3.8) is 0 Å². The molecule has 3 rings (SSSR count). The monoisotopic (exact) mass is 278 g/mol. The highest BCUT2D eigenvalue weighted by Crippen LogP contribution is 2.30. The molecule has 3 fully saturated rings. The van der Waals surface area contributed by atoms with Crippen LogP contribution in [0.5, 0.6) is 0 Å². The Labute approximate surface area is 125 Å². The Morgan fingerprint density at radius 1 is 0.950 bits per heavy atom. The summed E-state index contributed by atoms with van der Waals surface area (Å²) in [6, 6.07) is 0.779. The van der Waals surface area contributed by atoms with Crippen molar-refractivity contribution in [3.8, 4) is 0 Å². The van der Waals surface area contributed by atoms with Crippen molar-refractivity contribution in [2.75, 3.05) is 26.2 Å². The van der Waals surface area contributed by atoms with Gasteiger partial charge in [0.2, 0.25) is 0 Å². The van der Waals surface area contributed by atoms with Crippen LogP contribution in [0.25, 0.3) is 0 Å². The average Bonchev–Trinajstić information content (AvgIpc) is 2.32. The lowest BCUT2D eigenvalue weighted by atomic mass is 9.83. The minimum atomic E-state index is 0.779. The molecule has 2 saturated carbocycles. The van der Waals surface area contributed by atoms with Crippen LogP contribution in [0, 0.1) is 17.8 Å². The SMILES string of the molecule is CCCC1CC(NCC2CCC2)CN(CC2CCC2)C1. The van der Waals surface area contributed by atoms with E-state index in [0.29, 0.717) is 0 Å². The van der Waals surface area contributed by atoms with Gasteiger partial charge in [0.25, 0.3) is 0 Å². The first kappa shape index (κ1) is 14.8. The van der Waals surface area contributed by atoms with E-state index < -0.39 is 0 Å². The van der Waals surface area contributed by atoms with E-state index in [1.54, 1.807) is 0 Å². The molecule has 2 unspecified atom stereocenters. The molecule has 2 nitrogen and oxygen atoms in total. The number of hydrogen-bond donors (Lipinski definition) is 1. The standard InChI is InChI=1S/C18H34N2/c1-2-5-17-10-18(19-11-15-6-3-7-15)14-20(13-17)12-16-8-4-9-16/h15-19H,2-14H2,1H3. The molecule has 1 aliphatic heterocycles. The summed E-state index contributed by atoms with van der Waals surface area (Å²) in [6.07, 6.45) is 13.1. The third-order valence-corrected chi connectivity index (χ3v) is 5.97. The van der Waals surface area contributed by atoms with Crippen LogP contribution >= 0.6 is 0 Å². The predicted molar refractivity (Wildman–Crippen MR) is 85.9 cm³/mol. The zero-order valence-electron chi connectivity index (χ0n) is 13.4. The Morgan fingerprint density at radius 3 is 2.30 bits per heavy atom. The van der Waals surface area contributed by atoms with E-state index in [4.69, 9.17) is 0 Å². The topological polar surface area (TPSA) is 15.3 Å². The molecule has 2 heteroatoms. The van der Waals surface area contributed by atoms with Crippen molar-refractivity contribution >= 4 is 0 Å². The molecule has 0 aromatic heterocycles. The van der Waals surface area contributed by atoms with Crippen LogP contribution in [0.15, 0.2) is 0 Å². The van der Waals surface area contributed by atoms with Gasteiger partial charge < -0.3 is 10.2 Å². The van der Waals surface area contributed by atoms with E-state index in [-0.39, 0.29) is 0 Å². The highest BCUT2D eigenvalue weighted by molar-refractivity contribution is 4.86. The number of nitrogens with zero attached hydrogens (tertiary/aromatic N) is 1. The highest BCUT2D eigenvalue weighted by Gasteiger charge is 2.30. The summed E-state index contributed by atoms with van der Waals surface area (Å²) in [5.74, 6) is 2.98. The summed E-state index contributed by atoms with van der Waals surface area (Å²) in [5.41, 5.74) is 0. The largest absolute Gasteiger partial charge is 0.312 e. The lowest BCUT2D eigenvalue weighted by Crippen LogP contribution is -2.51. The van der Waals surface area contributed by atoms with Crippen LogP contribution in [0.3, 0.4) is 0 Å². The van der Waals surface area contributed by atoms with Gasteiger partial charge in [0.15, 0.2) is 0 Å². The smallest absolute Gasteiger partial charge is 0.0198 e. The number of nitrogens with one attached hydrogen (secondary N) is 1. The van der Waals surface area contributed by atoms with Crippen LogP contribution in [0.1, 0.15) is 64.7 Å². The first-order valence-electron chi connectivity index (χ1n) is 9.29. The summed E-state index contributed by atoms with van der Waals surface area (Å²) >= 11 is 0. The molecule has 0 amide bonds. The molecule has 116 valence electrons. The van der Waals surface area contributed by atoms with Gasteiger partial charge in [-0.25, -0.2) is 0 Å². The lowest BCUT2D eigenvalue weighted by molar-refractivity contribution is 0.0950. The highest BCUT2D eigenvalue weighted by atomic mass is 15.2. The molecule has 0 radical (unpaired) electrons. The van der Waals surface area contributed by atoms with Gasteiger partial charge in [-0.2, -0.15) is 0 Å². The van der Waals surface area contributed by atoms with E-state index in [0.717, 1.165) is 23.8 Å². The van der Waals surface area contributed by atoms with Crippen LogP contribution in [-0.2, 0) is 0 Å². The van der Waals surface area contributed by atoms with Gasteiger partial charge in [0, 0.05) is 25.7 Å². The zero-order valence-corrected chi connectivity index (χ0v) is 13.4. The van der Waals surface area contributed by atoms with Gasteiger partial charge in [0.05, 0.1) is 0 Å². The van der Waals surface area contributed by atoms with Crippen LogP contribution < -0.4 is 5.32 Å². The van der Waals surface area contributed by atoms with Crippen LogP contribution in [0.2, 0.25) is 0 Å². The minimum Gasteiger partial charge on any atom is -0.312 e. The molecular weight excluding hydrogens is 244 g/mol. The second kappa shape index (κ2) is 7.26. The lowest BCUT2D eigenvalue weighted by Gasteiger charge is -2.42. The Balaban J connectivity index is 1.45. The summed E-state index contributed by atoms with van der Waals surface area (Å²) < 4.78 is 0. The van der Waals surface area contributed by atoms with Gasteiger partial charge in [0.1, 0.15) is 0 Å². The molecule has 0 aromatic carbocycles. The fraction of sp³-hybridized carbons (Fsp3) is 1.00. The molecule has 0 aromatic rings. The molecular formula is C18H34N2. The van der Waals surface area contributed by atoms with E-state index in [9.17, 15) is 0 Å². The maximum absolute atomic E-state index is 3.91. The molecule has 2 aliphatic carbocycles. The predicted octanol–water partition coefficient (Wildman–Crippen LogP) is 3.67. The van der Waals surface area contributed by atoms with Crippen molar-refractivity contribution in [3.05, 3.63) is 0 Å². The minimum absolute atomic E-state index is 0.779. The maximum atomic E-state index is 3.91. The number of piperidine rings is 1. The molecule has 0 bridgehead atoms. The van der Waals surface area contributed by atoms with Gasteiger partial charge in [-0.3, -0.25) is 0 Å². The second-order valence-electron chi connectivity index (χ2n) is 7.81. The number of rotatable bonds is 7. The van der Waals surface area contributed by atoms with Gasteiger partial charge >= 0.3 is 0 Å². The Bertz CT molecular complexity index is 283. The number of hydrogen-bond acceptors (Lipinski definition) is 2. The molecule has 20 heavy (non-hydrogen) atoms. The normalized spacial score (nSPS) is 32.9. The van der Waals surface area contributed by atoms with Gasteiger partial charge in [-0.1, -0.05) is 26.2 Å². The molecule has 3 aliphatic rings. The molecule has 0 spiro atoms. The maximum Gasteiger partial charge on any atom is 0.0198 e. The van der Waals surface area contributed by atoms with E-state index in [1.807, 2.05) is 0 Å². The van der Waals surface area contributed by atoms with Gasteiger partial charge in [-0.15, -0.1) is 0 Å². The summed E-state index contributed by atoms with van der Waals surface area (Å²) in [7, 11) is 0. The van der Waals surface area contributed by atoms with E-state index >= 15 is 0 Å². The fourth-order valence-electron chi connectivity index (χ4n) is 4.29. The average molecular weight is 278 g/mol. The Morgan fingerprint density at radius 2 is 1.70 bits per heavy atom. The number of likely N-dealkylation sites (tertiary alicyclic amines) is 1. The Hall–Kier alpha value is -0.0800. The van der Waals surface area contributed by atoms with Crippen molar-refractivity contribution < 1.29 is 0 Å². The first-order chi connectivity index (χ1) is 9.83. The fourth-order valence-corrected chi connectivity index (χ4v) is 4.29. The molecule has 1 N–H and O–H groups in total. The van der Waals surface area contributed by atoms with Crippen LogP contribution in [0.4, 0.5) is 0 Å². The van der Waals surface area contributed by atoms with Crippen molar-refractivity contribution in [1.82, 2.24) is 10.2 Å². The van der Waals surface area contributed by atoms with Crippen molar-refractivity contribution in [2.24, 2.45) is 17.8 Å². The first-order valence-corrected chi connectivity index (χ1v) is 9.29. The molecule has 1 saturated heterocycles. The van der Waals surface area contributed by atoms with Crippen molar-refractivity contribution in [2.45, 2.75) is 70.8 Å². The third kappa shape index (κ3) is 3.98. The zero-order chi connectivity index (χ0) is 13.8. The van der Waals surface area contributed by atoms with Gasteiger partial charge in [-0.05, 0) is 62.8 Å². The summed E-state index contributed by atoms with van der Waals surface area (Å²) in [4.78, 5) is 2.80. The Kier molecular flexibility index (Phi) is 5.39. The van der Waals surface area contributed by atoms with E-state index in [2.05, 4.69) is 17.1 Å². The third-order valence-electron chi connectivity index (χ3n) is 5.97. The van der Waals surface area contributed by atoms with Crippen molar-refractivity contribution in [1.29, 1.82) is 0 Å². The molecule has 2 atom stereocenters.